The first-order valence-electron chi connectivity index (χ1n) is 9.83. The van der Waals surface area contributed by atoms with Crippen molar-refractivity contribution in [1.29, 1.82) is 0 Å². The molecular formula is C27H18N2. The van der Waals surface area contributed by atoms with E-state index in [0.717, 1.165) is 16.9 Å². The maximum absolute atomic E-state index is 4.66. The van der Waals surface area contributed by atoms with Crippen LogP contribution in [0, 0.1) is 0 Å². The molecular weight excluding hydrogens is 352 g/mol. The number of aromatic nitrogens is 2. The smallest absolute Gasteiger partial charge is 0.0780 e. The monoisotopic (exact) mass is 370 g/mol. The molecule has 29 heavy (non-hydrogen) atoms. The summed E-state index contributed by atoms with van der Waals surface area (Å²) in [6.07, 6.45) is 1.89. The topological polar surface area (TPSA) is 17.8 Å². The van der Waals surface area contributed by atoms with Gasteiger partial charge in [0.2, 0.25) is 0 Å². The fourth-order valence-corrected chi connectivity index (χ4v) is 4.32. The molecule has 0 saturated carbocycles. The van der Waals surface area contributed by atoms with Crippen molar-refractivity contribution in [1.82, 2.24) is 9.55 Å². The Labute approximate surface area is 168 Å². The minimum Gasteiger partial charge on any atom is -0.309 e. The molecule has 2 aromatic heterocycles. The van der Waals surface area contributed by atoms with E-state index in [1.165, 1.54) is 32.6 Å². The first kappa shape index (κ1) is 16.1. The van der Waals surface area contributed by atoms with E-state index in [9.17, 15) is 0 Å². The van der Waals surface area contributed by atoms with Crippen molar-refractivity contribution in [3.8, 4) is 16.9 Å². The van der Waals surface area contributed by atoms with Crippen molar-refractivity contribution >= 4 is 32.6 Å². The van der Waals surface area contributed by atoms with Gasteiger partial charge in [0.25, 0.3) is 0 Å². The molecule has 0 aliphatic heterocycles. The van der Waals surface area contributed by atoms with Crippen LogP contribution in [0.15, 0.2) is 109 Å². The molecule has 2 nitrogen and oxygen atoms in total. The van der Waals surface area contributed by atoms with Crippen LogP contribution in [-0.4, -0.2) is 9.55 Å². The Morgan fingerprint density at radius 1 is 0.517 bits per heavy atom. The maximum atomic E-state index is 4.66. The van der Waals surface area contributed by atoms with E-state index < -0.39 is 0 Å². The molecule has 0 bridgehead atoms. The summed E-state index contributed by atoms with van der Waals surface area (Å²) >= 11 is 0. The Kier molecular flexibility index (Phi) is 3.50. The van der Waals surface area contributed by atoms with Crippen molar-refractivity contribution in [2.45, 2.75) is 0 Å². The van der Waals surface area contributed by atoms with Crippen molar-refractivity contribution in [2.75, 3.05) is 0 Å². The molecule has 0 aliphatic carbocycles. The summed E-state index contributed by atoms with van der Waals surface area (Å²) in [5, 5.41) is 4.95. The number of hydrogen-bond acceptors (Lipinski definition) is 1. The molecule has 0 N–H and O–H groups in total. The highest BCUT2D eigenvalue weighted by Crippen LogP contribution is 2.33. The van der Waals surface area contributed by atoms with E-state index in [1.807, 2.05) is 6.20 Å². The second-order valence-electron chi connectivity index (χ2n) is 7.30. The van der Waals surface area contributed by atoms with Gasteiger partial charge in [0, 0.05) is 33.6 Å². The second-order valence-corrected chi connectivity index (χ2v) is 7.30. The van der Waals surface area contributed by atoms with Crippen molar-refractivity contribution in [3.05, 3.63) is 109 Å². The third-order valence-electron chi connectivity index (χ3n) is 5.65. The van der Waals surface area contributed by atoms with Gasteiger partial charge in [0.05, 0.1) is 16.7 Å². The summed E-state index contributed by atoms with van der Waals surface area (Å²) < 4.78 is 2.34. The summed E-state index contributed by atoms with van der Waals surface area (Å²) in [4.78, 5) is 4.66. The van der Waals surface area contributed by atoms with Gasteiger partial charge in [-0.25, -0.2) is 0 Å². The standard InChI is InChI=1S/C27H18N2/c1-2-8-22-19(7-1)17-18-28-27(22)20-13-15-21(16-14-20)29-25-11-5-3-9-23(25)24-10-4-6-12-26(24)29/h1-18H. The molecule has 4 aromatic carbocycles. The van der Waals surface area contributed by atoms with Crippen LogP contribution < -0.4 is 0 Å². The van der Waals surface area contributed by atoms with E-state index in [1.54, 1.807) is 0 Å². The molecule has 2 heterocycles. The highest BCUT2D eigenvalue weighted by Gasteiger charge is 2.12. The quantitative estimate of drug-likeness (QED) is 0.321. The number of fused-ring (bicyclic) bond motifs is 4. The lowest BCUT2D eigenvalue weighted by atomic mass is 10.0. The lowest BCUT2D eigenvalue weighted by molar-refractivity contribution is 1.18. The van der Waals surface area contributed by atoms with Crippen LogP contribution in [0.1, 0.15) is 0 Å². The predicted octanol–water partition coefficient (Wildman–Crippen LogP) is 7.00. The third-order valence-corrected chi connectivity index (χ3v) is 5.65. The first-order valence-corrected chi connectivity index (χ1v) is 9.83. The zero-order valence-corrected chi connectivity index (χ0v) is 15.8. The van der Waals surface area contributed by atoms with Gasteiger partial charge < -0.3 is 4.57 Å². The molecule has 2 heteroatoms. The first-order chi connectivity index (χ1) is 14.4. The van der Waals surface area contributed by atoms with Gasteiger partial charge in [-0.15, -0.1) is 0 Å². The summed E-state index contributed by atoms with van der Waals surface area (Å²) in [6, 6.07) is 36.4. The molecule has 0 aliphatic rings. The Morgan fingerprint density at radius 3 is 1.79 bits per heavy atom. The van der Waals surface area contributed by atoms with Gasteiger partial charge in [-0.1, -0.05) is 72.8 Å². The van der Waals surface area contributed by atoms with Gasteiger partial charge in [-0.2, -0.15) is 0 Å². The number of pyridine rings is 1. The molecule has 6 rings (SSSR count). The molecule has 0 radical (unpaired) electrons. The Bertz CT molecular complexity index is 1430. The predicted molar refractivity (Wildman–Crippen MR) is 122 cm³/mol. The van der Waals surface area contributed by atoms with Crippen LogP contribution >= 0.6 is 0 Å². The van der Waals surface area contributed by atoms with Crippen LogP contribution in [0.25, 0.3) is 49.5 Å². The van der Waals surface area contributed by atoms with Gasteiger partial charge in [-0.3, -0.25) is 4.98 Å². The van der Waals surface area contributed by atoms with Gasteiger partial charge in [0.1, 0.15) is 0 Å². The Morgan fingerprint density at radius 2 is 1.10 bits per heavy atom. The maximum Gasteiger partial charge on any atom is 0.0780 e. The van der Waals surface area contributed by atoms with Crippen LogP contribution in [0.2, 0.25) is 0 Å². The minimum absolute atomic E-state index is 1.02. The molecule has 0 atom stereocenters. The highest BCUT2D eigenvalue weighted by molar-refractivity contribution is 6.09. The summed E-state index contributed by atoms with van der Waals surface area (Å²) in [5.41, 5.74) is 5.77. The Hall–Kier alpha value is -3.91. The summed E-state index contributed by atoms with van der Waals surface area (Å²) in [5.74, 6) is 0. The Balaban J connectivity index is 1.55. The lowest BCUT2D eigenvalue weighted by Crippen LogP contribution is -1.94. The lowest BCUT2D eigenvalue weighted by Gasteiger charge is -2.10. The number of nitrogens with zero attached hydrogens (tertiary/aromatic N) is 2. The third kappa shape index (κ3) is 2.46. The van der Waals surface area contributed by atoms with Crippen molar-refractivity contribution < 1.29 is 0 Å². The highest BCUT2D eigenvalue weighted by atomic mass is 15.0. The van der Waals surface area contributed by atoms with Gasteiger partial charge in [0.15, 0.2) is 0 Å². The zero-order valence-electron chi connectivity index (χ0n) is 15.8. The van der Waals surface area contributed by atoms with Gasteiger partial charge in [-0.05, 0) is 35.7 Å². The fraction of sp³-hybridized carbons (Fsp3) is 0. The van der Waals surface area contributed by atoms with Crippen LogP contribution in [-0.2, 0) is 0 Å². The van der Waals surface area contributed by atoms with E-state index in [-0.39, 0.29) is 0 Å². The van der Waals surface area contributed by atoms with E-state index in [4.69, 9.17) is 0 Å². The normalized spacial score (nSPS) is 11.4. The molecule has 0 amide bonds. The van der Waals surface area contributed by atoms with Crippen molar-refractivity contribution in [2.24, 2.45) is 0 Å². The zero-order chi connectivity index (χ0) is 19.2. The average molecular weight is 370 g/mol. The molecule has 0 spiro atoms. The van der Waals surface area contributed by atoms with E-state index >= 15 is 0 Å². The minimum atomic E-state index is 1.02. The van der Waals surface area contributed by atoms with Crippen LogP contribution in [0.4, 0.5) is 0 Å². The summed E-state index contributed by atoms with van der Waals surface area (Å²) in [7, 11) is 0. The molecule has 0 unspecified atom stereocenters. The molecule has 0 fully saturated rings. The SMILES string of the molecule is c1ccc2c(-c3ccc(-n4c5ccccc5c5ccccc54)cc3)nccc2c1. The van der Waals surface area contributed by atoms with E-state index in [0.29, 0.717) is 0 Å². The van der Waals surface area contributed by atoms with Crippen molar-refractivity contribution in [3.63, 3.8) is 0 Å². The average Bonchev–Trinajstić information content (AvgIpc) is 3.13. The number of benzene rings is 4. The van der Waals surface area contributed by atoms with E-state index in [2.05, 4.69) is 113 Å². The number of hydrogen-bond donors (Lipinski definition) is 0. The van der Waals surface area contributed by atoms with Crippen LogP contribution in [0.5, 0.6) is 0 Å². The molecule has 6 aromatic rings. The second kappa shape index (κ2) is 6.32. The molecule has 0 saturated heterocycles. The number of rotatable bonds is 2. The number of para-hydroxylation sites is 2. The molecule has 136 valence electrons. The van der Waals surface area contributed by atoms with Crippen LogP contribution in [0.3, 0.4) is 0 Å². The largest absolute Gasteiger partial charge is 0.309 e. The summed E-state index contributed by atoms with van der Waals surface area (Å²) in [6.45, 7) is 0. The van der Waals surface area contributed by atoms with Gasteiger partial charge >= 0.3 is 0 Å². The fourth-order valence-electron chi connectivity index (χ4n) is 4.32.